The molecule has 0 aromatic heterocycles. The van der Waals surface area contributed by atoms with E-state index >= 15 is 0 Å². The maximum atomic E-state index is 11.7. The van der Waals surface area contributed by atoms with Crippen LogP contribution in [0.4, 0.5) is 5.69 Å². The van der Waals surface area contributed by atoms with E-state index in [2.05, 4.69) is 5.32 Å². The third-order valence-corrected chi connectivity index (χ3v) is 5.82. The van der Waals surface area contributed by atoms with E-state index in [9.17, 15) is 8.42 Å². The number of nitrogens with one attached hydrogen (secondary N) is 1. The van der Waals surface area contributed by atoms with Crippen LogP contribution in [0.2, 0.25) is 15.1 Å². The van der Waals surface area contributed by atoms with E-state index in [1.165, 1.54) is 6.26 Å². The first-order valence-corrected chi connectivity index (χ1v) is 8.98. The third-order valence-electron chi connectivity index (χ3n) is 3.34. The lowest BCUT2D eigenvalue weighted by Crippen LogP contribution is -2.34. The Hall–Kier alpha value is -0.160. The average molecular weight is 343 g/mol. The number of anilines is 1. The molecule has 0 radical (unpaired) electrons. The van der Waals surface area contributed by atoms with Gasteiger partial charge >= 0.3 is 0 Å². The van der Waals surface area contributed by atoms with Gasteiger partial charge in [0.1, 0.15) is 0 Å². The van der Waals surface area contributed by atoms with Gasteiger partial charge < -0.3 is 5.32 Å². The quantitative estimate of drug-likeness (QED) is 0.902. The molecule has 0 bridgehead atoms. The monoisotopic (exact) mass is 341 g/mol. The molecular formula is C12H14Cl3NO2S. The second kappa shape index (κ2) is 5.68. The van der Waals surface area contributed by atoms with E-state index in [4.69, 9.17) is 34.8 Å². The van der Waals surface area contributed by atoms with E-state index in [-0.39, 0.29) is 6.04 Å². The molecular weight excluding hydrogens is 329 g/mol. The van der Waals surface area contributed by atoms with Crippen LogP contribution >= 0.6 is 34.8 Å². The molecule has 1 aliphatic carbocycles. The lowest BCUT2D eigenvalue weighted by atomic mass is 10.2. The van der Waals surface area contributed by atoms with Crippen LogP contribution in [-0.4, -0.2) is 26.0 Å². The number of rotatable bonds is 3. The van der Waals surface area contributed by atoms with E-state index < -0.39 is 15.1 Å². The van der Waals surface area contributed by atoms with Crippen molar-refractivity contribution in [1.82, 2.24) is 0 Å². The Morgan fingerprint density at radius 2 is 1.74 bits per heavy atom. The van der Waals surface area contributed by atoms with Crippen molar-refractivity contribution >= 4 is 50.3 Å². The molecule has 106 valence electrons. The molecule has 1 fully saturated rings. The molecule has 7 heteroatoms. The highest BCUT2D eigenvalue weighted by Crippen LogP contribution is 2.37. The van der Waals surface area contributed by atoms with Crippen molar-refractivity contribution in [2.45, 2.75) is 30.6 Å². The zero-order valence-electron chi connectivity index (χ0n) is 10.3. The fraction of sp³-hybridized carbons (Fsp3) is 0.500. The minimum Gasteiger partial charge on any atom is -0.379 e. The molecule has 1 N–H and O–H groups in total. The summed E-state index contributed by atoms with van der Waals surface area (Å²) in [5.41, 5.74) is 0.549. The zero-order chi connectivity index (χ0) is 14.2. The summed E-state index contributed by atoms with van der Waals surface area (Å²) < 4.78 is 23.5. The Morgan fingerprint density at radius 3 is 2.26 bits per heavy atom. The number of hydrogen-bond acceptors (Lipinski definition) is 3. The molecule has 0 spiro atoms. The Bertz CT molecular complexity index is 566. The fourth-order valence-corrected chi connectivity index (χ4v) is 4.79. The van der Waals surface area contributed by atoms with Crippen LogP contribution < -0.4 is 5.32 Å². The number of hydrogen-bond donors (Lipinski definition) is 1. The highest BCUT2D eigenvalue weighted by molar-refractivity contribution is 7.91. The van der Waals surface area contributed by atoms with Crippen molar-refractivity contribution in [3.63, 3.8) is 0 Å². The van der Waals surface area contributed by atoms with Crippen LogP contribution in [0.15, 0.2) is 12.1 Å². The molecule has 2 rings (SSSR count). The van der Waals surface area contributed by atoms with Crippen molar-refractivity contribution in [1.29, 1.82) is 0 Å². The van der Waals surface area contributed by atoms with Crippen LogP contribution in [0.1, 0.15) is 19.3 Å². The Labute approximate surface area is 128 Å². The molecule has 1 aromatic rings. The summed E-state index contributed by atoms with van der Waals surface area (Å²) in [6.45, 7) is 0. The molecule has 0 amide bonds. The van der Waals surface area contributed by atoms with Gasteiger partial charge in [-0.3, -0.25) is 0 Å². The summed E-state index contributed by atoms with van der Waals surface area (Å²) in [4.78, 5) is 0. The van der Waals surface area contributed by atoms with Crippen molar-refractivity contribution in [3.8, 4) is 0 Å². The molecule has 0 aliphatic heterocycles. The Kier molecular flexibility index (Phi) is 4.56. The number of benzene rings is 1. The predicted octanol–water partition coefficient (Wildman–Crippen LogP) is 4.02. The molecule has 0 saturated heterocycles. The summed E-state index contributed by atoms with van der Waals surface area (Å²) in [5.74, 6) is 0. The van der Waals surface area contributed by atoms with Crippen LogP contribution in [-0.2, 0) is 9.84 Å². The molecule has 1 aliphatic rings. The largest absolute Gasteiger partial charge is 0.379 e. The molecule has 1 aromatic carbocycles. The number of halogens is 3. The summed E-state index contributed by atoms with van der Waals surface area (Å²) in [6.07, 6.45) is 3.59. The number of sulfone groups is 1. The van der Waals surface area contributed by atoms with E-state index in [1.54, 1.807) is 12.1 Å². The van der Waals surface area contributed by atoms with Crippen LogP contribution in [0.25, 0.3) is 0 Å². The lowest BCUT2D eigenvalue weighted by Gasteiger charge is -2.22. The maximum absolute atomic E-state index is 11.7. The predicted molar refractivity (Wildman–Crippen MR) is 81.4 cm³/mol. The van der Waals surface area contributed by atoms with Gasteiger partial charge in [-0.1, -0.05) is 34.8 Å². The second-order valence-electron chi connectivity index (χ2n) is 4.79. The summed E-state index contributed by atoms with van der Waals surface area (Å²) >= 11 is 18.0. The van der Waals surface area contributed by atoms with Crippen molar-refractivity contribution in [3.05, 3.63) is 27.2 Å². The van der Waals surface area contributed by atoms with Gasteiger partial charge in [0.05, 0.1) is 21.0 Å². The topological polar surface area (TPSA) is 46.2 Å². The Balaban J connectivity index is 2.27. The molecule has 19 heavy (non-hydrogen) atoms. The van der Waals surface area contributed by atoms with Gasteiger partial charge in [0.25, 0.3) is 0 Å². The minimum atomic E-state index is -3.08. The summed E-state index contributed by atoms with van der Waals surface area (Å²) in [6, 6.07) is 3.01. The van der Waals surface area contributed by atoms with Gasteiger partial charge in [0, 0.05) is 17.3 Å². The molecule has 1 saturated carbocycles. The highest BCUT2D eigenvalue weighted by atomic mass is 35.5. The van der Waals surface area contributed by atoms with Crippen molar-refractivity contribution < 1.29 is 8.42 Å². The SMILES string of the molecule is CS(=O)(=O)C1CCCC1Nc1c(Cl)cc(Cl)cc1Cl. The fourth-order valence-electron chi connectivity index (χ4n) is 2.47. The highest BCUT2D eigenvalue weighted by Gasteiger charge is 2.35. The van der Waals surface area contributed by atoms with Gasteiger partial charge in [0.15, 0.2) is 9.84 Å². The van der Waals surface area contributed by atoms with Crippen molar-refractivity contribution in [2.75, 3.05) is 11.6 Å². The first-order valence-electron chi connectivity index (χ1n) is 5.89. The smallest absolute Gasteiger partial charge is 0.152 e. The molecule has 2 atom stereocenters. The molecule has 3 nitrogen and oxygen atoms in total. The van der Waals surface area contributed by atoms with Gasteiger partial charge in [-0.2, -0.15) is 0 Å². The summed E-state index contributed by atoms with van der Waals surface area (Å²) in [5, 5.41) is 4.02. The summed E-state index contributed by atoms with van der Waals surface area (Å²) in [7, 11) is -3.08. The van der Waals surface area contributed by atoms with E-state index in [1.807, 2.05) is 0 Å². The van der Waals surface area contributed by atoms with E-state index in [0.717, 1.165) is 12.8 Å². The normalized spacial score (nSPS) is 23.6. The molecule has 0 heterocycles. The van der Waals surface area contributed by atoms with Gasteiger partial charge in [-0.05, 0) is 31.4 Å². The maximum Gasteiger partial charge on any atom is 0.152 e. The second-order valence-corrected chi connectivity index (χ2v) is 8.31. The first-order chi connectivity index (χ1) is 8.79. The van der Waals surface area contributed by atoms with Gasteiger partial charge in [0.2, 0.25) is 0 Å². The minimum absolute atomic E-state index is 0.161. The Morgan fingerprint density at radius 1 is 1.16 bits per heavy atom. The van der Waals surface area contributed by atoms with Crippen molar-refractivity contribution in [2.24, 2.45) is 0 Å². The van der Waals surface area contributed by atoms with Gasteiger partial charge in [-0.15, -0.1) is 0 Å². The lowest BCUT2D eigenvalue weighted by molar-refractivity contribution is 0.579. The third kappa shape index (κ3) is 3.48. The average Bonchev–Trinajstić information content (AvgIpc) is 2.70. The van der Waals surface area contributed by atoms with Crippen LogP contribution in [0.3, 0.4) is 0 Å². The molecule has 2 unspecified atom stereocenters. The van der Waals surface area contributed by atoms with Crippen LogP contribution in [0.5, 0.6) is 0 Å². The standard InChI is InChI=1S/C12H14Cl3NO2S/c1-19(17,18)11-4-2-3-10(11)16-12-8(14)5-7(13)6-9(12)15/h5-6,10-11,16H,2-4H2,1H3. The van der Waals surface area contributed by atoms with E-state index in [0.29, 0.717) is 27.2 Å². The van der Waals surface area contributed by atoms with Gasteiger partial charge in [-0.25, -0.2) is 8.42 Å². The van der Waals surface area contributed by atoms with Crippen LogP contribution in [0, 0.1) is 0 Å². The zero-order valence-corrected chi connectivity index (χ0v) is 13.4. The first kappa shape index (κ1) is 15.2.